The summed E-state index contributed by atoms with van der Waals surface area (Å²) in [6, 6.07) is 2.04. The maximum Gasteiger partial charge on any atom is 0.233 e. The second-order valence-corrected chi connectivity index (χ2v) is 4.05. The van der Waals surface area contributed by atoms with Crippen LogP contribution in [0.2, 0.25) is 0 Å². The van der Waals surface area contributed by atoms with Gasteiger partial charge in [-0.1, -0.05) is 6.92 Å². The van der Waals surface area contributed by atoms with Crippen molar-refractivity contribution in [2.45, 2.75) is 40.3 Å². The van der Waals surface area contributed by atoms with Crippen LogP contribution in [0, 0.1) is 6.92 Å². The maximum atomic E-state index is 11.4. The molecule has 0 aliphatic rings. The summed E-state index contributed by atoms with van der Waals surface area (Å²) in [7, 11) is 0. The molecule has 0 saturated carbocycles. The fraction of sp³-hybridized carbons (Fsp3) is 0.667. The van der Waals surface area contributed by atoms with E-state index in [1.54, 1.807) is 0 Å². The molecule has 0 aliphatic carbocycles. The fourth-order valence-corrected chi connectivity index (χ4v) is 1.65. The monoisotopic (exact) mass is 238 g/mol. The number of hydrogen-bond acceptors (Lipinski definition) is 3. The molecule has 1 aromatic rings. The summed E-state index contributed by atoms with van der Waals surface area (Å²) >= 11 is 0. The van der Waals surface area contributed by atoms with E-state index in [9.17, 15) is 4.79 Å². The third-order valence-electron chi connectivity index (χ3n) is 2.45. The van der Waals surface area contributed by atoms with Crippen LogP contribution in [0.15, 0.2) is 6.07 Å². The maximum absolute atomic E-state index is 11.4. The molecule has 1 aromatic heterocycles. The van der Waals surface area contributed by atoms with Crippen molar-refractivity contribution < 1.29 is 4.79 Å². The molecule has 17 heavy (non-hydrogen) atoms. The van der Waals surface area contributed by atoms with Crippen molar-refractivity contribution >= 4 is 5.91 Å². The highest BCUT2D eigenvalue weighted by molar-refractivity contribution is 5.77. The predicted octanol–water partition coefficient (Wildman–Crippen LogP) is 0.827. The first-order valence-corrected chi connectivity index (χ1v) is 6.18. The number of aromatic nitrogens is 2. The number of amides is 1. The van der Waals surface area contributed by atoms with Gasteiger partial charge in [0, 0.05) is 19.6 Å². The van der Waals surface area contributed by atoms with Crippen molar-refractivity contribution in [1.29, 1.82) is 0 Å². The molecule has 0 aromatic carbocycles. The average molecular weight is 238 g/mol. The van der Waals surface area contributed by atoms with Crippen LogP contribution in [0.3, 0.4) is 0 Å². The van der Waals surface area contributed by atoms with E-state index in [2.05, 4.69) is 22.7 Å². The van der Waals surface area contributed by atoms with Gasteiger partial charge < -0.3 is 10.6 Å². The third kappa shape index (κ3) is 4.56. The first-order valence-electron chi connectivity index (χ1n) is 6.18. The molecule has 0 unspecified atom stereocenters. The van der Waals surface area contributed by atoms with Crippen molar-refractivity contribution in [3.8, 4) is 0 Å². The SMILES string of the molecule is CCCNC(=O)CNCc1cc(C)nn1CC. The van der Waals surface area contributed by atoms with Gasteiger partial charge in [0.1, 0.15) is 0 Å². The van der Waals surface area contributed by atoms with E-state index in [0.29, 0.717) is 13.1 Å². The molecule has 1 heterocycles. The van der Waals surface area contributed by atoms with E-state index in [1.807, 2.05) is 24.6 Å². The number of carbonyl (C=O) groups is 1. The zero-order chi connectivity index (χ0) is 12.7. The van der Waals surface area contributed by atoms with Crippen LogP contribution in [0.1, 0.15) is 31.7 Å². The largest absolute Gasteiger partial charge is 0.355 e. The van der Waals surface area contributed by atoms with Crippen molar-refractivity contribution in [1.82, 2.24) is 20.4 Å². The second-order valence-electron chi connectivity index (χ2n) is 4.05. The predicted molar refractivity (Wildman–Crippen MR) is 67.6 cm³/mol. The van der Waals surface area contributed by atoms with Gasteiger partial charge in [0.05, 0.1) is 17.9 Å². The summed E-state index contributed by atoms with van der Waals surface area (Å²) < 4.78 is 1.95. The number of nitrogens with one attached hydrogen (secondary N) is 2. The third-order valence-corrected chi connectivity index (χ3v) is 2.45. The highest BCUT2D eigenvalue weighted by atomic mass is 16.1. The van der Waals surface area contributed by atoms with E-state index >= 15 is 0 Å². The van der Waals surface area contributed by atoms with Gasteiger partial charge in [-0.25, -0.2) is 0 Å². The Morgan fingerprint density at radius 3 is 2.88 bits per heavy atom. The summed E-state index contributed by atoms with van der Waals surface area (Å²) in [5.41, 5.74) is 2.13. The van der Waals surface area contributed by atoms with Gasteiger partial charge in [-0.3, -0.25) is 9.48 Å². The zero-order valence-corrected chi connectivity index (χ0v) is 10.9. The van der Waals surface area contributed by atoms with Gasteiger partial charge in [-0.2, -0.15) is 5.10 Å². The topological polar surface area (TPSA) is 59.0 Å². The van der Waals surface area contributed by atoms with Gasteiger partial charge in [-0.05, 0) is 26.3 Å². The van der Waals surface area contributed by atoms with Crippen LogP contribution in [-0.4, -0.2) is 28.8 Å². The van der Waals surface area contributed by atoms with E-state index in [-0.39, 0.29) is 5.91 Å². The first kappa shape index (κ1) is 13.7. The lowest BCUT2D eigenvalue weighted by Gasteiger charge is -2.07. The molecular weight excluding hydrogens is 216 g/mol. The Morgan fingerprint density at radius 1 is 1.47 bits per heavy atom. The van der Waals surface area contributed by atoms with Gasteiger partial charge in [0.2, 0.25) is 5.91 Å². The number of rotatable bonds is 7. The Labute approximate surface area is 103 Å². The second kappa shape index (κ2) is 7.06. The molecule has 0 radical (unpaired) electrons. The van der Waals surface area contributed by atoms with Crippen molar-refractivity contribution in [3.05, 3.63) is 17.5 Å². The van der Waals surface area contributed by atoms with Crippen LogP contribution < -0.4 is 10.6 Å². The Kier molecular flexibility index (Phi) is 5.69. The summed E-state index contributed by atoms with van der Waals surface area (Å²) in [6.07, 6.45) is 0.966. The molecule has 0 aliphatic heterocycles. The molecule has 0 saturated heterocycles. The lowest BCUT2D eigenvalue weighted by atomic mass is 10.3. The average Bonchev–Trinajstić information content (AvgIpc) is 2.67. The van der Waals surface area contributed by atoms with E-state index < -0.39 is 0 Å². The van der Waals surface area contributed by atoms with Gasteiger partial charge in [0.15, 0.2) is 0 Å². The van der Waals surface area contributed by atoms with Crippen LogP contribution in [0.5, 0.6) is 0 Å². The zero-order valence-electron chi connectivity index (χ0n) is 10.9. The van der Waals surface area contributed by atoms with Gasteiger partial charge in [-0.15, -0.1) is 0 Å². The molecule has 1 amide bonds. The van der Waals surface area contributed by atoms with E-state index in [0.717, 1.165) is 30.9 Å². The molecular formula is C12H22N4O. The molecule has 1 rings (SSSR count). The highest BCUT2D eigenvalue weighted by Gasteiger charge is 2.04. The van der Waals surface area contributed by atoms with Gasteiger partial charge >= 0.3 is 0 Å². The Balaban J connectivity index is 2.32. The molecule has 0 atom stereocenters. The summed E-state index contributed by atoms with van der Waals surface area (Å²) in [5, 5.41) is 10.3. The van der Waals surface area contributed by atoms with Crippen molar-refractivity contribution in [2.75, 3.05) is 13.1 Å². The minimum atomic E-state index is 0.0473. The van der Waals surface area contributed by atoms with Crippen LogP contribution >= 0.6 is 0 Å². The number of nitrogens with zero attached hydrogens (tertiary/aromatic N) is 2. The van der Waals surface area contributed by atoms with E-state index in [1.165, 1.54) is 0 Å². The van der Waals surface area contributed by atoms with Crippen molar-refractivity contribution in [3.63, 3.8) is 0 Å². The summed E-state index contributed by atoms with van der Waals surface area (Å²) in [6.45, 7) is 8.70. The molecule has 0 spiro atoms. The molecule has 96 valence electrons. The molecule has 0 bridgehead atoms. The van der Waals surface area contributed by atoms with Gasteiger partial charge in [0.25, 0.3) is 0 Å². The van der Waals surface area contributed by atoms with Crippen LogP contribution in [-0.2, 0) is 17.9 Å². The molecule has 2 N–H and O–H groups in total. The lowest BCUT2D eigenvalue weighted by Crippen LogP contribution is -2.34. The Bertz CT molecular complexity index is 359. The van der Waals surface area contributed by atoms with Crippen LogP contribution in [0.4, 0.5) is 0 Å². The molecule has 5 nitrogen and oxygen atoms in total. The standard InChI is InChI=1S/C12H22N4O/c1-4-6-14-12(17)9-13-8-11-7-10(3)15-16(11)5-2/h7,13H,4-6,8-9H2,1-3H3,(H,14,17). The minimum absolute atomic E-state index is 0.0473. The number of hydrogen-bond donors (Lipinski definition) is 2. The lowest BCUT2D eigenvalue weighted by molar-refractivity contribution is -0.120. The Morgan fingerprint density at radius 2 is 2.24 bits per heavy atom. The van der Waals surface area contributed by atoms with Crippen LogP contribution in [0.25, 0.3) is 0 Å². The number of aryl methyl sites for hydroxylation is 2. The highest BCUT2D eigenvalue weighted by Crippen LogP contribution is 2.02. The smallest absolute Gasteiger partial charge is 0.233 e. The first-order chi connectivity index (χ1) is 8.17. The fourth-order valence-electron chi connectivity index (χ4n) is 1.65. The number of carbonyl (C=O) groups excluding carboxylic acids is 1. The molecule has 0 fully saturated rings. The minimum Gasteiger partial charge on any atom is -0.355 e. The van der Waals surface area contributed by atoms with Crippen molar-refractivity contribution in [2.24, 2.45) is 0 Å². The summed E-state index contributed by atoms with van der Waals surface area (Å²) in [5.74, 6) is 0.0473. The quantitative estimate of drug-likeness (QED) is 0.739. The molecule has 5 heteroatoms. The normalized spacial score (nSPS) is 10.5. The Hall–Kier alpha value is -1.36. The summed E-state index contributed by atoms with van der Waals surface area (Å²) in [4.78, 5) is 11.4. The van der Waals surface area contributed by atoms with E-state index in [4.69, 9.17) is 0 Å².